The molecule has 1 aromatic heterocycles. The van der Waals surface area contributed by atoms with Gasteiger partial charge in [-0.2, -0.15) is 0 Å². The average molecular weight is 280 g/mol. The van der Waals surface area contributed by atoms with Gasteiger partial charge in [0.2, 0.25) is 5.95 Å². The third-order valence-corrected chi connectivity index (χ3v) is 3.12. The first-order valence-corrected chi connectivity index (χ1v) is 5.83. The van der Waals surface area contributed by atoms with Crippen LogP contribution >= 0.6 is 11.6 Å². The molecule has 6 heteroatoms. The number of imidazole rings is 1. The van der Waals surface area contributed by atoms with Crippen molar-refractivity contribution in [1.29, 1.82) is 0 Å². The molecule has 0 aliphatic carbocycles. The largest absolute Gasteiger partial charge is 0.369 e. The Labute approximate surface area is 112 Å². The molecular formula is C13H8ClF2N3. The van der Waals surface area contributed by atoms with E-state index in [1.165, 1.54) is 28.8 Å². The zero-order valence-electron chi connectivity index (χ0n) is 9.57. The monoisotopic (exact) mass is 279 g/mol. The SMILES string of the molecule is Nc1nc2c(F)cccc2n1-c1ccc(F)cc1Cl. The molecule has 2 aromatic carbocycles. The number of hydrogen-bond donors (Lipinski definition) is 1. The summed E-state index contributed by atoms with van der Waals surface area (Å²) in [6.07, 6.45) is 0. The van der Waals surface area contributed by atoms with Crippen molar-refractivity contribution in [3.63, 3.8) is 0 Å². The second kappa shape index (κ2) is 4.20. The maximum atomic E-state index is 13.6. The molecular weight excluding hydrogens is 272 g/mol. The van der Waals surface area contributed by atoms with Gasteiger partial charge in [-0.3, -0.25) is 4.57 Å². The molecule has 1 heterocycles. The average Bonchev–Trinajstić information content (AvgIpc) is 2.68. The molecule has 2 N–H and O–H groups in total. The van der Waals surface area contributed by atoms with E-state index in [0.717, 1.165) is 0 Å². The topological polar surface area (TPSA) is 43.8 Å². The van der Waals surface area contributed by atoms with Crippen LogP contribution in [-0.4, -0.2) is 9.55 Å². The van der Waals surface area contributed by atoms with E-state index in [1.807, 2.05) is 0 Å². The van der Waals surface area contributed by atoms with Crippen LogP contribution in [0.3, 0.4) is 0 Å². The van der Waals surface area contributed by atoms with Crippen LogP contribution in [0.5, 0.6) is 0 Å². The Morgan fingerprint density at radius 2 is 1.95 bits per heavy atom. The lowest BCUT2D eigenvalue weighted by atomic mass is 10.2. The van der Waals surface area contributed by atoms with Crippen LogP contribution in [0.15, 0.2) is 36.4 Å². The summed E-state index contributed by atoms with van der Waals surface area (Å²) in [5.74, 6) is -0.835. The third kappa shape index (κ3) is 1.82. The molecule has 3 nitrogen and oxygen atoms in total. The fraction of sp³-hybridized carbons (Fsp3) is 0. The van der Waals surface area contributed by atoms with Crippen molar-refractivity contribution >= 4 is 28.6 Å². The van der Waals surface area contributed by atoms with Crippen molar-refractivity contribution in [3.8, 4) is 5.69 Å². The number of nitrogens with two attached hydrogens (primary N) is 1. The van der Waals surface area contributed by atoms with Crippen molar-refractivity contribution < 1.29 is 8.78 Å². The van der Waals surface area contributed by atoms with E-state index in [-0.39, 0.29) is 16.5 Å². The number of hydrogen-bond acceptors (Lipinski definition) is 2. The van der Waals surface area contributed by atoms with Crippen LogP contribution in [0.2, 0.25) is 5.02 Å². The molecule has 0 unspecified atom stereocenters. The van der Waals surface area contributed by atoms with Crippen molar-refractivity contribution in [2.24, 2.45) is 0 Å². The predicted molar refractivity (Wildman–Crippen MR) is 70.4 cm³/mol. The molecule has 0 aliphatic heterocycles. The summed E-state index contributed by atoms with van der Waals surface area (Å²) >= 11 is 6.00. The molecule has 3 rings (SSSR count). The maximum Gasteiger partial charge on any atom is 0.206 e. The summed E-state index contributed by atoms with van der Waals surface area (Å²) in [6, 6.07) is 8.41. The molecule has 0 fully saturated rings. The van der Waals surface area contributed by atoms with E-state index in [1.54, 1.807) is 12.1 Å². The van der Waals surface area contributed by atoms with Gasteiger partial charge in [0.05, 0.1) is 16.2 Å². The maximum absolute atomic E-state index is 13.6. The zero-order valence-corrected chi connectivity index (χ0v) is 10.3. The van der Waals surface area contributed by atoms with E-state index < -0.39 is 11.6 Å². The van der Waals surface area contributed by atoms with Crippen LogP contribution in [0.1, 0.15) is 0 Å². The number of para-hydroxylation sites is 1. The van der Waals surface area contributed by atoms with Gasteiger partial charge in [-0.15, -0.1) is 0 Å². The first-order valence-electron chi connectivity index (χ1n) is 5.46. The van der Waals surface area contributed by atoms with Gasteiger partial charge < -0.3 is 5.73 Å². The Hall–Kier alpha value is -2.14. The second-order valence-electron chi connectivity index (χ2n) is 4.01. The fourth-order valence-corrected chi connectivity index (χ4v) is 2.25. The van der Waals surface area contributed by atoms with Crippen molar-refractivity contribution in [2.45, 2.75) is 0 Å². The van der Waals surface area contributed by atoms with Gasteiger partial charge in [0.15, 0.2) is 5.82 Å². The van der Waals surface area contributed by atoms with Gasteiger partial charge >= 0.3 is 0 Å². The number of fused-ring (bicyclic) bond motifs is 1. The van der Waals surface area contributed by atoms with E-state index >= 15 is 0 Å². The number of nitrogen functional groups attached to an aromatic ring is 1. The Kier molecular flexibility index (Phi) is 2.64. The highest BCUT2D eigenvalue weighted by Crippen LogP contribution is 2.29. The van der Waals surface area contributed by atoms with Crippen molar-refractivity contribution in [2.75, 3.05) is 5.73 Å². The first-order chi connectivity index (χ1) is 9.08. The Morgan fingerprint density at radius 1 is 1.16 bits per heavy atom. The summed E-state index contributed by atoms with van der Waals surface area (Å²) in [6.45, 7) is 0. The van der Waals surface area contributed by atoms with Gasteiger partial charge in [-0.05, 0) is 30.3 Å². The highest BCUT2D eigenvalue weighted by atomic mass is 35.5. The molecule has 0 spiro atoms. The lowest BCUT2D eigenvalue weighted by Crippen LogP contribution is -2.01. The van der Waals surface area contributed by atoms with Crippen LogP contribution in [-0.2, 0) is 0 Å². The number of halogens is 3. The van der Waals surface area contributed by atoms with E-state index in [2.05, 4.69) is 4.98 Å². The molecule has 3 aromatic rings. The second-order valence-corrected chi connectivity index (χ2v) is 4.42. The zero-order chi connectivity index (χ0) is 13.6. The minimum atomic E-state index is -0.471. The first kappa shape index (κ1) is 11.9. The number of rotatable bonds is 1. The normalized spacial score (nSPS) is 11.1. The van der Waals surface area contributed by atoms with Crippen LogP contribution in [0, 0.1) is 11.6 Å². The van der Waals surface area contributed by atoms with E-state index in [4.69, 9.17) is 17.3 Å². The molecule has 96 valence electrons. The van der Waals surface area contributed by atoms with E-state index in [9.17, 15) is 8.78 Å². The van der Waals surface area contributed by atoms with Crippen LogP contribution in [0.25, 0.3) is 16.7 Å². The summed E-state index contributed by atoms with van der Waals surface area (Å²) in [7, 11) is 0. The lowest BCUT2D eigenvalue weighted by molar-refractivity contribution is 0.627. The fourth-order valence-electron chi connectivity index (χ4n) is 2.00. The molecule has 0 amide bonds. The van der Waals surface area contributed by atoms with Gasteiger partial charge in [0, 0.05) is 0 Å². The molecule has 0 saturated heterocycles. The number of nitrogens with zero attached hydrogens (tertiary/aromatic N) is 2. The van der Waals surface area contributed by atoms with Crippen molar-refractivity contribution in [3.05, 3.63) is 53.1 Å². The molecule has 0 saturated carbocycles. The third-order valence-electron chi connectivity index (χ3n) is 2.81. The van der Waals surface area contributed by atoms with Gasteiger partial charge in [0.25, 0.3) is 0 Å². The smallest absolute Gasteiger partial charge is 0.206 e. The quantitative estimate of drug-likeness (QED) is 0.740. The molecule has 0 bridgehead atoms. The summed E-state index contributed by atoms with van der Waals surface area (Å²) in [5.41, 5.74) is 6.88. The van der Waals surface area contributed by atoms with E-state index in [0.29, 0.717) is 11.2 Å². The number of aromatic nitrogens is 2. The van der Waals surface area contributed by atoms with Gasteiger partial charge in [-0.25, -0.2) is 13.8 Å². The van der Waals surface area contributed by atoms with Crippen LogP contribution in [0.4, 0.5) is 14.7 Å². The summed E-state index contributed by atoms with van der Waals surface area (Å²) < 4.78 is 28.2. The number of benzene rings is 2. The highest BCUT2D eigenvalue weighted by Gasteiger charge is 2.15. The molecule has 0 radical (unpaired) electrons. The van der Waals surface area contributed by atoms with Gasteiger partial charge in [0.1, 0.15) is 11.3 Å². The Bertz CT molecular complexity index is 783. The Balaban J connectivity index is 2.36. The van der Waals surface area contributed by atoms with Gasteiger partial charge in [-0.1, -0.05) is 17.7 Å². The Morgan fingerprint density at radius 3 is 2.68 bits per heavy atom. The number of anilines is 1. The summed E-state index contributed by atoms with van der Waals surface area (Å²) in [4.78, 5) is 3.97. The predicted octanol–water partition coefficient (Wildman–Crippen LogP) is 3.54. The molecule has 19 heavy (non-hydrogen) atoms. The standard InChI is InChI=1S/C13H8ClF2N3/c14-8-6-7(15)4-5-10(8)19-11-3-1-2-9(16)12(11)18-13(19)17/h1-6H,(H2,17,18). The molecule has 0 atom stereocenters. The van der Waals surface area contributed by atoms with Crippen molar-refractivity contribution in [1.82, 2.24) is 9.55 Å². The molecule has 0 aliphatic rings. The minimum absolute atomic E-state index is 0.0913. The van der Waals surface area contributed by atoms with Crippen LogP contribution < -0.4 is 5.73 Å². The lowest BCUT2D eigenvalue weighted by Gasteiger charge is -2.08. The minimum Gasteiger partial charge on any atom is -0.369 e. The highest BCUT2D eigenvalue weighted by molar-refractivity contribution is 6.32. The summed E-state index contributed by atoms with van der Waals surface area (Å²) in [5, 5.41) is 0.176.